The third kappa shape index (κ3) is 2.98. The van der Waals surface area contributed by atoms with Crippen LogP contribution < -0.4 is 14.8 Å². The van der Waals surface area contributed by atoms with Gasteiger partial charge >= 0.3 is 0 Å². The predicted molar refractivity (Wildman–Crippen MR) is 94.4 cm³/mol. The third-order valence-corrected chi connectivity index (χ3v) is 4.05. The molecule has 3 aromatic rings. The molecule has 25 heavy (non-hydrogen) atoms. The molecule has 0 saturated heterocycles. The minimum atomic E-state index is -0.256. The second kappa shape index (κ2) is 6.05. The molecule has 3 heterocycles. The van der Waals surface area contributed by atoms with Crippen molar-refractivity contribution in [2.75, 3.05) is 18.5 Å². The van der Waals surface area contributed by atoms with Crippen LogP contribution in [-0.2, 0) is 0 Å². The first kappa shape index (κ1) is 15.4. The van der Waals surface area contributed by atoms with Gasteiger partial charge < -0.3 is 14.8 Å². The van der Waals surface area contributed by atoms with Gasteiger partial charge in [0.25, 0.3) is 5.91 Å². The number of rotatable bonds is 2. The van der Waals surface area contributed by atoms with Crippen LogP contribution in [0.1, 0.15) is 21.6 Å². The summed E-state index contributed by atoms with van der Waals surface area (Å²) in [5.41, 5.74) is 3.12. The number of anilines is 1. The lowest BCUT2D eigenvalue weighted by Crippen LogP contribution is -2.17. The van der Waals surface area contributed by atoms with Crippen LogP contribution in [0.2, 0.25) is 0 Å². The lowest BCUT2D eigenvalue weighted by Gasteiger charge is -2.18. The summed E-state index contributed by atoms with van der Waals surface area (Å²) in [6.07, 6.45) is 0. The van der Waals surface area contributed by atoms with Crippen LogP contribution in [0, 0.1) is 13.8 Å². The highest BCUT2D eigenvalue weighted by Crippen LogP contribution is 2.31. The van der Waals surface area contributed by atoms with E-state index in [1.54, 1.807) is 24.3 Å². The highest BCUT2D eigenvalue weighted by Gasteiger charge is 2.15. The molecule has 1 aliphatic rings. The van der Waals surface area contributed by atoms with E-state index in [1.165, 1.54) is 0 Å². The molecular formula is C19H17N3O3. The molecule has 6 heteroatoms. The maximum atomic E-state index is 12.5. The zero-order valence-electron chi connectivity index (χ0n) is 14.0. The number of benzene rings is 1. The number of hydrogen-bond acceptors (Lipinski definition) is 5. The van der Waals surface area contributed by atoms with E-state index in [-0.39, 0.29) is 5.91 Å². The van der Waals surface area contributed by atoms with Crippen molar-refractivity contribution in [2.24, 2.45) is 0 Å². The number of carbonyl (C=O) groups excluding carboxylic acids is 1. The highest BCUT2D eigenvalue weighted by atomic mass is 16.6. The zero-order chi connectivity index (χ0) is 17.4. The fourth-order valence-corrected chi connectivity index (χ4v) is 2.87. The normalized spacial score (nSPS) is 12.9. The van der Waals surface area contributed by atoms with Crippen molar-refractivity contribution in [3.8, 4) is 11.5 Å². The minimum Gasteiger partial charge on any atom is -0.486 e. The molecule has 0 saturated carbocycles. The van der Waals surface area contributed by atoms with Crippen molar-refractivity contribution in [1.29, 1.82) is 0 Å². The Labute approximate surface area is 144 Å². The molecule has 6 nitrogen and oxygen atoms in total. The Bertz CT molecular complexity index is 985. The first-order valence-electron chi connectivity index (χ1n) is 8.06. The molecule has 1 aliphatic heterocycles. The zero-order valence-corrected chi connectivity index (χ0v) is 14.0. The van der Waals surface area contributed by atoms with E-state index in [9.17, 15) is 4.79 Å². The molecule has 0 radical (unpaired) electrons. The topological polar surface area (TPSA) is 73.3 Å². The number of nitrogens with zero attached hydrogens (tertiary/aromatic N) is 2. The van der Waals surface area contributed by atoms with Crippen LogP contribution in [0.25, 0.3) is 11.0 Å². The fraction of sp³-hybridized carbons (Fsp3) is 0.211. The molecule has 0 bridgehead atoms. The number of aromatic nitrogens is 2. The number of pyridine rings is 2. The summed E-state index contributed by atoms with van der Waals surface area (Å²) in [6.45, 7) is 4.95. The summed E-state index contributed by atoms with van der Waals surface area (Å²) in [5.74, 6) is 1.44. The molecule has 0 aliphatic carbocycles. The van der Waals surface area contributed by atoms with Crippen LogP contribution in [0.5, 0.6) is 11.5 Å². The second-order valence-corrected chi connectivity index (χ2v) is 5.96. The Balaban J connectivity index is 1.61. The third-order valence-electron chi connectivity index (χ3n) is 4.05. The SMILES string of the molecule is Cc1cc(C)c2ccc(NC(=O)c3ccc4c(c3)OCCO4)nc2n1. The molecule has 1 amide bonds. The van der Waals surface area contributed by atoms with Crippen LogP contribution in [0.3, 0.4) is 0 Å². The van der Waals surface area contributed by atoms with Gasteiger partial charge in [0, 0.05) is 16.6 Å². The second-order valence-electron chi connectivity index (χ2n) is 5.96. The van der Waals surface area contributed by atoms with Gasteiger partial charge in [-0.15, -0.1) is 0 Å². The van der Waals surface area contributed by atoms with Crippen LogP contribution in [0.15, 0.2) is 36.4 Å². The van der Waals surface area contributed by atoms with Gasteiger partial charge in [0.2, 0.25) is 0 Å². The average Bonchev–Trinajstić information content (AvgIpc) is 2.60. The van der Waals surface area contributed by atoms with Gasteiger partial charge in [-0.05, 0) is 55.8 Å². The lowest BCUT2D eigenvalue weighted by molar-refractivity contribution is 0.102. The van der Waals surface area contributed by atoms with Gasteiger partial charge in [0.15, 0.2) is 17.1 Å². The Morgan fingerprint density at radius 3 is 2.64 bits per heavy atom. The average molecular weight is 335 g/mol. The molecule has 1 aromatic carbocycles. The van der Waals surface area contributed by atoms with E-state index < -0.39 is 0 Å². The van der Waals surface area contributed by atoms with Crippen molar-refractivity contribution in [1.82, 2.24) is 9.97 Å². The molecule has 2 aromatic heterocycles. The van der Waals surface area contributed by atoms with Crippen LogP contribution in [-0.4, -0.2) is 29.1 Å². The largest absolute Gasteiger partial charge is 0.486 e. The smallest absolute Gasteiger partial charge is 0.256 e. The van der Waals surface area contributed by atoms with Crippen molar-refractivity contribution in [3.05, 3.63) is 53.2 Å². The monoisotopic (exact) mass is 335 g/mol. The summed E-state index contributed by atoms with van der Waals surface area (Å²) in [6, 6.07) is 10.8. The van der Waals surface area contributed by atoms with E-state index in [2.05, 4.69) is 15.3 Å². The molecular weight excluding hydrogens is 318 g/mol. The van der Waals surface area contributed by atoms with Gasteiger partial charge in [0.1, 0.15) is 19.0 Å². The first-order chi connectivity index (χ1) is 12.1. The minimum absolute atomic E-state index is 0.256. The Morgan fingerprint density at radius 2 is 1.80 bits per heavy atom. The number of nitrogens with one attached hydrogen (secondary N) is 1. The van der Waals surface area contributed by atoms with Crippen molar-refractivity contribution in [3.63, 3.8) is 0 Å². The van der Waals surface area contributed by atoms with E-state index in [0.29, 0.717) is 41.7 Å². The van der Waals surface area contributed by atoms with Gasteiger partial charge in [-0.3, -0.25) is 4.79 Å². The number of ether oxygens (including phenoxy) is 2. The van der Waals surface area contributed by atoms with E-state index >= 15 is 0 Å². The van der Waals surface area contributed by atoms with E-state index in [1.807, 2.05) is 26.0 Å². The molecule has 0 unspecified atom stereocenters. The van der Waals surface area contributed by atoms with E-state index in [0.717, 1.165) is 16.6 Å². The molecule has 0 atom stereocenters. The molecule has 1 N–H and O–H groups in total. The van der Waals surface area contributed by atoms with Crippen molar-refractivity contribution < 1.29 is 14.3 Å². The Morgan fingerprint density at radius 1 is 1.00 bits per heavy atom. The standard InChI is InChI=1S/C19H17N3O3/c1-11-9-12(2)20-18-14(11)4-6-17(21-18)22-19(23)13-3-5-15-16(10-13)25-8-7-24-15/h3-6,9-10H,7-8H2,1-2H3,(H,20,21,22,23). The quantitative estimate of drug-likeness (QED) is 0.778. The van der Waals surface area contributed by atoms with Crippen LogP contribution in [0.4, 0.5) is 5.82 Å². The summed E-state index contributed by atoms with van der Waals surface area (Å²) in [4.78, 5) is 21.4. The Kier molecular flexibility index (Phi) is 3.72. The van der Waals surface area contributed by atoms with Gasteiger partial charge in [-0.1, -0.05) is 0 Å². The lowest BCUT2D eigenvalue weighted by atomic mass is 10.1. The van der Waals surface area contributed by atoms with Crippen molar-refractivity contribution in [2.45, 2.75) is 13.8 Å². The number of amides is 1. The molecule has 0 spiro atoms. The summed E-state index contributed by atoms with van der Waals surface area (Å²) >= 11 is 0. The highest BCUT2D eigenvalue weighted by molar-refractivity contribution is 6.04. The van der Waals surface area contributed by atoms with Gasteiger partial charge in [0.05, 0.1) is 0 Å². The van der Waals surface area contributed by atoms with Gasteiger partial charge in [-0.2, -0.15) is 0 Å². The summed E-state index contributed by atoms with van der Waals surface area (Å²) < 4.78 is 11.0. The summed E-state index contributed by atoms with van der Waals surface area (Å²) in [5, 5.41) is 3.78. The number of aryl methyl sites for hydroxylation is 2. The molecule has 4 rings (SSSR count). The van der Waals surface area contributed by atoms with E-state index in [4.69, 9.17) is 9.47 Å². The number of carbonyl (C=O) groups is 1. The van der Waals surface area contributed by atoms with Gasteiger partial charge in [-0.25, -0.2) is 9.97 Å². The summed E-state index contributed by atoms with van der Waals surface area (Å²) in [7, 11) is 0. The number of fused-ring (bicyclic) bond motifs is 2. The fourth-order valence-electron chi connectivity index (χ4n) is 2.87. The number of hydrogen-bond donors (Lipinski definition) is 1. The van der Waals surface area contributed by atoms with Crippen LogP contribution >= 0.6 is 0 Å². The Hall–Kier alpha value is -3.15. The maximum Gasteiger partial charge on any atom is 0.256 e. The molecule has 126 valence electrons. The first-order valence-corrected chi connectivity index (χ1v) is 8.06. The maximum absolute atomic E-state index is 12.5. The molecule has 0 fully saturated rings. The van der Waals surface area contributed by atoms with Crippen molar-refractivity contribution >= 4 is 22.8 Å². The predicted octanol–water partition coefficient (Wildman–Crippen LogP) is 3.27.